The quantitative estimate of drug-likeness (QED) is 0.759. The SMILES string of the molecule is COCC(O)CCNCc1ccc(Br)cc1C. The average Bonchev–Trinajstić information content (AvgIpc) is 2.27. The molecule has 0 spiro atoms. The van der Waals surface area contributed by atoms with E-state index in [0.717, 1.165) is 17.6 Å². The third kappa shape index (κ3) is 5.64. The predicted octanol–water partition coefficient (Wildman–Crippen LogP) is 2.24. The van der Waals surface area contributed by atoms with Crippen molar-refractivity contribution in [3.8, 4) is 0 Å². The summed E-state index contributed by atoms with van der Waals surface area (Å²) in [5.74, 6) is 0. The first kappa shape index (κ1) is 14.6. The van der Waals surface area contributed by atoms with Crippen molar-refractivity contribution in [3.63, 3.8) is 0 Å². The molecule has 1 atom stereocenters. The third-order valence-electron chi connectivity index (χ3n) is 2.63. The number of aliphatic hydroxyl groups excluding tert-OH is 1. The first-order valence-electron chi connectivity index (χ1n) is 5.76. The standard InChI is InChI=1S/C13H20BrNO2/c1-10-7-12(14)4-3-11(10)8-15-6-5-13(16)9-17-2/h3-4,7,13,15-16H,5-6,8-9H2,1-2H3. The minimum atomic E-state index is -0.376. The van der Waals surface area contributed by atoms with E-state index in [-0.39, 0.29) is 6.10 Å². The van der Waals surface area contributed by atoms with Gasteiger partial charge in [-0.3, -0.25) is 0 Å². The van der Waals surface area contributed by atoms with Gasteiger partial charge in [0.15, 0.2) is 0 Å². The Morgan fingerprint density at radius 2 is 2.24 bits per heavy atom. The first-order chi connectivity index (χ1) is 8.13. The molecule has 0 bridgehead atoms. The van der Waals surface area contributed by atoms with Crippen LogP contribution in [-0.2, 0) is 11.3 Å². The molecule has 0 aliphatic rings. The lowest BCUT2D eigenvalue weighted by atomic mass is 10.1. The van der Waals surface area contributed by atoms with Crippen LogP contribution >= 0.6 is 15.9 Å². The fraction of sp³-hybridized carbons (Fsp3) is 0.538. The summed E-state index contributed by atoms with van der Waals surface area (Å²) in [7, 11) is 1.60. The maximum Gasteiger partial charge on any atom is 0.0785 e. The van der Waals surface area contributed by atoms with Crippen molar-refractivity contribution in [3.05, 3.63) is 33.8 Å². The monoisotopic (exact) mass is 301 g/mol. The van der Waals surface area contributed by atoms with Gasteiger partial charge in [-0.25, -0.2) is 0 Å². The fourth-order valence-corrected chi connectivity index (χ4v) is 2.10. The maximum atomic E-state index is 9.47. The Bertz CT molecular complexity index is 344. The van der Waals surface area contributed by atoms with E-state index in [1.54, 1.807) is 7.11 Å². The topological polar surface area (TPSA) is 41.5 Å². The van der Waals surface area contributed by atoms with Crippen molar-refractivity contribution in [2.75, 3.05) is 20.3 Å². The number of halogens is 1. The molecule has 1 rings (SSSR count). The van der Waals surface area contributed by atoms with Gasteiger partial charge in [-0.15, -0.1) is 0 Å². The van der Waals surface area contributed by atoms with Crippen LogP contribution in [0.5, 0.6) is 0 Å². The summed E-state index contributed by atoms with van der Waals surface area (Å²) in [6.07, 6.45) is 0.335. The van der Waals surface area contributed by atoms with Crippen LogP contribution in [0.2, 0.25) is 0 Å². The molecule has 0 heterocycles. The molecule has 2 N–H and O–H groups in total. The number of benzene rings is 1. The van der Waals surface area contributed by atoms with Gasteiger partial charge < -0.3 is 15.2 Å². The highest BCUT2D eigenvalue weighted by atomic mass is 79.9. The van der Waals surface area contributed by atoms with Crippen molar-refractivity contribution in [2.45, 2.75) is 26.0 Å². The lowest BCUT2D eigenvalue weighted by molar-refractivity contribution is 0.0594. The molecule has 4 heteroatoms. The molecular formula is C13H20BrNO2. The molecule has 1 aromatic carbocycles. The molecule has 0 saturated carbocycles. The number of hydrogen-bond acceptors (Lipinski definition) is 3. The summed E-state index contributed by atoms with van der Waals surface area (Å²) >= 11 is 3.45. The summed E-state index contributed by atoms with van der Waals surface area (Å²) in [6.45, 7) is 4.12. The van der Waals surface area contributed by atoms with Gasteiger partial charge in [0, 0.05) is 18.1 Å². The van der Waals surface area contributed by atoms with E-state index in [1.165, 1.54) is 11.1 Å². The maximum absolute atomic E-state index is 9.47. The number of ether oxygens (including phenoxy) is 1. The van der Waals surface area contributed by atoms with Gasteiger partial charge in [0.1, 0.15) is 0 Å². The van der Waals surface area contributed by atoms with E-state index < -0.39 is 0 Å². The molecule has 0 amide bonds. The summed E-state index contributed by atoms with van der Waals surface area (Å²) in [5.41, 5.74) is 2.55. The van der Waals surface area contributed by atoms with Crippen molar-refractivity contribution >= 4 is 15.9 Å². The van der Waals surface area contributed by atoms with Crippen molar-refractivity contribution in [1.82, 2.24) is 5.32 Å². The van der Waals surface area contributed by atoms with E-state index in [1.807, 2.05) is 6.07 Å². The van der Waals surface area contributed by atoms with Crippen LogP contribution in [0.3, 0.4) is 0 Å². The van der Waals surface area contributed by atoms with Crippen LogP contribution in [-0.4, -0.2) is 31.5 Å². The molecule has 1 unspecified atom stereocenters. The van der Waals surface area contributed by atoms with Crippen molar-refractivity contribution in [2.24, 2.45) is 0 Å². The molecule has 17 heavy (non-hydrogen) atoms. The second-order valence-electron chi connectivity index (χ2n) is 4.15. The molecule has 0 fully saturated rings. The van der Waals surface area contributed by atoms with Crippen LogP contribution in [0.15, 0.2) is 22.7 Å². The molecule has 0 aromatic heterocycles. The van der Waals surface area contributed by atoms with Crippen LogP contribution in [0, 0.1) is 6.92 Å². The first-order valence-corrected chi connectivity index (χ1v) is 6.55. The number of nitrogens with one attached hydrogen (secondary N) is 1. The van der Waals surface area contributed by atoms with Gasteiger partial charge in [-0.1, -0.05) is 22.0 Å². The number of aryl methyl sites for hydroxylation is 1. The van der Waals surface area contributed by atoms with Crippen molar-refractivity contribution < 1.29 is 9.84 Å². The molecule has 3 nitrogen and oxygen atoms in total. The van der Waals surface area contributed by atoms with Gasteiger partial charge >= 0.3 is 0 Å². The summed E-state index contributed by atoms with van der Waals surface area (Å²) in [6, 6.07) is 6.26. The Kier molecular flexibility index (Phi) is 6.73. The third-order valence-corrected chi connectivity index (χ3v) is 3.13. The van der Waals surface area contributed by atoms with Gasteiger partial charge in [0.2, 0.25) is 0 Å². The van der Waals surface area contributed by atoms with Gasteiger partial charge in [-0.05, 0) is 43.1 Å². The summed E-state index contributed by atoms with van der Waals surface area (Å²) < 4.78 is 5.97. The zero-order valence-corrected chi connectivity index (χ0v) is 12.0. The highest BCUT2D eigenvalue weighted by Crippen LogP contribution is 2.15. The Balaban J connectivity index is 2.26. The number of hydrogen-bond donors (Lipinski definition) is 2. The Hall–Kier alpha value is -0.420. The van der Waals surface area contributed by atoms with Gasteiger partial charge in [-0.2, -0.15) is 0 Å². The van der Waals surface area contributed by atoms with Gasteiger partial charge in [0.25, 0.3) is 0 Å². The molecule has 0 saturated heterocycles. The minimum absolute atomic E-state index is 0.376. The fourth-order valence-electron chi connectivity index (χ4n) is 1.63. The Morgan fingerprint density at radius 1 is 1.47 bits per heavy atom. The minimum Gasteiger partial charge on any atom is -0.391 e. The highest BCUT2D eigenvalue weighted by molar-refractivity contribution is 9.10. The van der Waals surface area contributed by atoms with E-state index in [0.29, 0.717) is 13.0 Å². The molecule has 1 aromatic rings. The molecule has 0 aliphatic carbocycles. The smallest absolute Gasteiger partial charge is 0.0785 e. The zero-order valence-electron chi connectivity index (χ0n) is 10.4. The lowest BCUT2D eigenvalue weighted by Gasteiger charge is -2.11. The second kappa shape index (κ2) is 7.82. The largest absolute Gasteiger partial charge is 0.391 e. The van der Waals surface area contributed by atoms with Crippen LogP contribution in [0.1, 0.15) is 17.5 Å². The van der Waals surface area contributed by atoms with Crippen LogP contribution in [0.25, 0.3) is 0 Å². The summed E-state index contributed by atoms with van der Waals surface area (Å²) in [4.78, 5) is 0. The number of rotatable bonds is 7. The van der Waals surface area contributed by atoms with Crippen molar-refractivity contribution in [1.29, 1.82) is 0 Å². The van der Waals surface area contributed by atoms with Crippen LogP contribution in [0.4, 0.5) is 0 Å². The Labute approximate surface area is 111 Å². The van der Waals surface area contributed by atoms with Crippen LogP contribution < -0.4 is 5.32 Å². The molecule has 0 aliphatic heterocycles. The second-order valence-corrected chi connectivity index (χ2v) is 5.06. The van der Waals surface area contributed by atoms with Gasteiger partial charge in [0.05, 0.1) is 12.7 Å². The average molecular weight is 302 g/mol. The zero-order chi connectivity index (χ0) is 12.7. The molecule has 96 valence electrons. The number of aliphatic hydroxyl groups is 1. The number of methoxy groups -OCH3 is 1. The Morgan fingerprint density at radius 3 is 2.88 bits per heavy atom. The normalized spacial score (nSPS) is 12.7. The highest BCUT2D eigenvalue weighted by Gasteiger charge is 2.03. The summed E-state index contributed by atoms with van der Waals surface area (Å²) in [5, 5.41) is 12.8. The van der Waals surface area contributed by atoms with E-state index >= 15 is 0 Å². The van der Waals surface area contributed by atoms with E-state index in [9.17, 15) is 5.11 Å². The predicted molar refractivity (Wildman–Crippen MR) is 73.1 cm³/mol. The van der Waals surface area contributed by atoms with E-state index in [2.05, 4.69) is 40.3 Å². The molecule has 0 radical (unpaired) electrons. The van der Waals surface area contributed by atoms with E-state index in [4.69, 9.17) is 4.74 Å². The lowest BCUT2D eigenvalue weighted by Crippen LogP contribution is -2.23. The molecular weight excluding hydrogens is 282 g/mol.